The second-order valence-electron chi connectivity index (χ2n) is 6.86. The Morgan fingerprint density at radius 1 is 1.18 bits per heavy atom. The van der Waals surface area contributed by atoms with Crippen molar-refractivity contribution >= 4 is 23.2 Å². The van der Waals surface area contributed by atoms with Crippen molar-refractivity contribution in [3.8, 4) is 0 Å². The second kappa shape index (κ2) is 10.2. The summed E-state index contributed by atoms with van der Waals surface area (Å²) in [6.45, 7) is 3.80. The summed E-state index contributed by atoms with van der Waals surface area (Å²) in [4.78, 5) is 19.9. The molecule has 3 rings (SSSR count). The molecule has 28 heavy (non-hydrogen) atoms. The maximum Gasteiger partial charge on any atom is 0.251 e. The zero-order valence-electron chi connectivity index (χ0n) is 16.6. The van der Waals surface area contributed by atoms with Crippen LogP contribution >= 0.6 is 11.3 Å². The van der Waals surface area contributed by atoms with Gasteiger partial charge in [-0.15, -0.1) is 11.3 Å². The molecule has 1 atom stereocenters. The number of benzene rings is 1. The molecule has 6 nitrogen and oxygen atoms in total. The van der Waals surface area contributed by atoms with Crippen molar-refractivity contribution < 1.29 is 4.79 Å². The SMILES string of the molecule is CN=C(NCc1ccc(C(=O)NC)cc1)NCC(c1cccs1)N1CCCC1. The molecule has 1 saturated heterocycles. The minimum atomic E-state index is -0.0708. The second-order valence-corrected chi connectivity index (χ2v) is 7.84. The van der Waals surface area contributed by atoms with Crippen LogP contribution in [0.25, 0.3) is 0 Å². The molecule has 1 aromatic heterocycles. The number of nitrogens with zero attached hydrogens (tertiary/aromatic N) is 2. The summed E-state index contributed by atoms with van der Waals surface area (Å²) in [5.41, 5.74) is 1.77. The van der Waals surface area contributed by atoms with Gasteiger partial charge in [-0.3, -0.25) is 14.7 Å². The first-order chi connectivity index (χ1) is 13.7. The van der Waals surface area contributed by atoms with Crippen LogP contribution in [0, 0.1) is 0 Å². The summed E-state index contributed by atoms with van der Waals surface area (Å²) in [5.74, 6) is 0.717. The molecule has 0 radical (unpaired) electrons. The monoisotopic (exact) mass is 399 g/mol. The van der Waals surface area contributed by atoms with Crippen molar-refractivity contribution in [2.75, 3.05) is 33.7 Å². The number of guanidine groups is 1. The molecule has 0 aliphatic carbocycles. The number of amides is 1. The Labute approximate surface area is 171 Å². The Bertz CT molecular complexity index is 767. The van der Waals surface area contributed by atoms with Gasteiger partial charge < -0.3 is 16.0 Å². The lowest BCUT2D eigenvalue weighted by Crippen LogP contribution is -2.42. The van der Waals surface area contributed by atoms with Crippen LogP contribution in [0.2, 0.25) is 0 Å². The van der Waals surface area contributed by atoms with Gasteiger partial charge >= 0.3 is 0 Å². The van der Waals surface area contributed by atoms with E-state index in [0.29, 0.717) is 18.2 Å². The Balaban J connectivity index is 1.54. The molecular weight excluding hydrogens is 370 g/mol. The third-order valence-corrected chi connectivity index (χ3v) is 6.02. The average Bonchev–Trinajstić information content (AvgIpc) is 3.45. The predicted octanol–water partition coefficient (Wildman–Crippen LogP) is 2.61. The maximum absolute atomic E-state index is 11.6. The van der Waals surface area contributed by atoms with Gasteiger partial charge in [0, 0.05) is 37.6 Å². The minimum Gasteiger partial charge on any atom is -0.355 e. The number of hydrogen-bond acceptors (Lipinski definition) is 4. The number of thiophene rings is 1. The first-order valence-corrected chi connectivity index (χ1v) is 10.6. The summed E-state index contributed by atoms with van der Waals surface area (Å²) >= 11 is 1.82. The molecular formula is C21H29N5OS. The molecule has 3 N–H and O–H groups in total. The fraction of sp³-hybridized carbons (Fsp3) is 0.429. The fourth-order valence-corrected chi connectivity index (χ4v) is 4.32. The smallest absolute Gasteiger partial charge is 0.251 e. The van der Waals surface area contributed by atoms with Crippen molar-refractivity contribution in [3.63, 3.8) is 0 Å². The lowest BCUT2D eigenvalue weighted by molar-refractivity contribution is 0.0963. The highest BCUT2D eigenvalue weighted by Crippen LogP contribution is 2.27. The molecule has 1 aromatic carbocycles. The van der Waals surface area contributed by atoms with Crippen LogP contribution < -0.4 is 16.0 Å². The highest BCUT2D eigenvalue weighted by Gasteiger charge is 2.24. The zero-order chi connectivity index (χ0) is 19.8. The van der Waals surface area contributed by atoms with E-state index in [0.717, 1.165) is 31.2 Å². The van der Waals surface area contributed by atoms with Crippen molar-refractivity contribution in [2.45, 2.75) is 25.4 Å². The Kier molecular flexibility index (Phi) is 7.45. The molecule has 1 unspecified atom stereocenters. The van der Waals surface area contributed by atoms with E-state index >= 15 is 0 Å². The van der Waals surface area contributed by atoms with Crippen molar-refractivity contribution in [1.29, 1.82) is 0 Å². The van der Waals surface area contributed by atoms with Crippen LogP contribution in [0.5, 0.6) is 0 Å². The van der Waals surface area contributed by atoms with Crippen LogP contribution in [0.4, 0.5) is 0 Å². The average molecular weight is 400 g/mol. The Hall–Kier alpha value is -2.38. The van der Waals surface area contributed by atoms with E-state index in [2.05, 4.69) is 43.4 Å². The number of nitrogens with one attached hydrogen (secondary N) is 3. The number of likely N-dealkylation sites (tertiary alicyclic amines) is 1. The fourth-order valence-electron chi connectivity index (χ4n) is 3.46. The Morgan fingerprint density at radius 2 is 1.93 bits per heavy atom. The molecule has 1 aliphatic rings. The van der Waals surface area contributed by atoms with Crippen LogP contribution in [0.3, 0.4) is 0 Å². The van der Waals surface area contributed by atoms with Gasteiger partial charge in [-0.2, -0.15) is 0 Å². The lowest BCUT2D eigenvalue weighted by Gasteiger charge is -2.27. The van der Waals surface area contributed by atoms with Crippen LogP contribution in [0.1, 0.15) is 39.7 Å². The van der Waals surface area contributed by atoms with E-state index in [1.54, 1.807) is 14.1 Å². The van der Waals surface area contributed by atoms with Crippen LogP contribution in [-0.2, 0) is 6.54 Å². The molecule has 0 bridgehead atoms. The first kappa shape index (κ1) is 20.4. The van der Waals surface area contributed by atoms with Gasteiger partial charge in [-0.25, -0.2) is 0 Å². The quantitative estimate of drug-likeness (QED) is 0.495. The summed E-state index contributed by atoms with van der Waals surface area (Å²) < 4.78 is 0. The van der Waals surface area contributed by atoms with Crippen molar-refractivity contribution in [2.24, 2.45) is 4.99 Å². The predicted molar refractivity (Wildman–Crippen MR) is 116 cm³/mol. The maximum atomic E-state index is 11.6. The third-order valence-electron chi connectivity index (χ3n) is 5.04. The minimum absolute atomic E-state index is 0.0708. The molecule has 0 saturated carbocycles. The van der Waals surface area contributed by atoms with E-state index in [9.17, 15) is 4.79 Å². The van der Waals surface area contributed by atoms with Crippen LogP contribution in [-0.4, -0.2) is 50.5 Å². The number of hydrogen-bond donors (Lipinski definition) is 3. The molecule has 1 fully saturated rings. The van der Waals surface area contributed by atoms with Gasteiger partial charge in [0.15, 0.2) is 5.96 Å². The number of rotatable bonds is 7. The molecule has 1 aliphatic heterocycles. The third kappa shape index (κ3) is 5.33. The van der Waals surface area contributed by atoms with Crippen molar-refractivity contribution in [1.82, 2.24) is 20.9 Å². The van der Waals surface area contributed by atoms with E-state index in [4.69, 9.17) is 0 Å². The highest BCUT2D eigenvalue weighted by atomic mass is 32.1. The van der Waals surface area contributed by atoms with Gasteiger partial charge in [-0.1, -0.05) is 18.2 Å². The number of carbonyl (C=O) groups excluding carboxylic acids is 1. The normalized spacial score (nSPS) is 16.0. The molecule has 2 aromatic rings. The standard InChI is InChI=1S/C21H29N5OS/c1-22-20(27)17-9-7-16(8-10-17)14-24-21(23-2)25-15-18(19-6-5-13-28-19)26-11-3-4-12-26/h5-10,13,18H,3-4,11-12,14-15H2,1-2H3,(H,22,27)(H2,23,24,25). The van der Waals surface area contributed by atoms with Gasteiger partial charge in [-0.05, 0) is 55.1 Å². The van der Waals surface area contributed by atoms with Gasteiger partial charge in [0.1, 0.15) is 0 Å². The van der Waals surface area contributed by atoms with E-state index in [-0.39, 0.29) is 5.91 Å². The van der Waals surface area contributed by atoms with Crippen LogP contribution in [0.15, 0.2) is 46.8 Å². The lowest BCUT2D eigenvalue weighted by atomic mass is 10.1. The van der Waals surface area contributed by atoms with Gasteiger partial charge in [0.2, 0.25) is 0 Å². The van der Waals surface area contributed by atoms with Gasteiger partial charge in [0.25, 0.3) is 5.91 Å². The molecule has 0 spiro atoms. The van der Waals surface area contributed by atoms with E-state index in [1.165, 1.54) is 17.7 Å². The van der Waals surface area contributed by atoms with E-state index in [1.807, 2.05) is 35.6 Å². The summed E-state index contributed by atoms with van der Waals surface area (Å²) in [6.07, 6.45) is 2.56. The summed E-state index contributed by atoms with van der Waals surface area (Å²) in [6, 6.07) is 12.3. The van der Waals surface area contributed by atoms with E-state index < -0.39 is 0 Å². The molecule has 150 valence electrons. The summed E-state index contributed by atoms with van der Waals surface area (Å²) in [5, 5.41) is 11.6. The number of aliphatic imine (C=N–C) groups is 1. The van der Waals surface area contributed by atoms with Gasteiger partial charge in [0.05, 0.1) is 6.04 Å². The first-order valence-electron chi connectivity index (χ1n) is 9.74. The largest absolute Gasteiger partial charge is 0.355 e. The topological polar surface area (TPSA) is 68.8 Å². The molecule has 1 amide bonds. The summed E-state index contributed by atoms with van der Waals surface area (Å²) in [7, 11) is 3.43. The Morgan fingerprint density at radius 3 is 2.54 bits per heavy atom. The van der Waals surface area contributed by atoms with Crippen molar-refractivity contribution in [3.05, 3.63) is 57.8 Å². The number of carbonyl (C=O) groups is 1. The highest BCUT2D eigenvalue weighted by molar-refractivity contribution is 7.10. The molecule has 2 heterocycles. The zero-order valence-corrected chi connectivity index (χ0v) is 17.4. The molecule has 7 heteroatoms.